The number of hydrogen-bond acceptors (Lipinski definition) is 4. The van der Waals surface area contributed by atoms with Crippen LogP contribution < -0.4 is 5.32 Å². The normalized spacial score (nSPS) is 14.1. The predicted molar refractivity (Wildman–Crippen MR) is 63.3 cm³/mol. The number of hydrogen-bond donors (Lipinski definition) is 2. The molecular formula is C10H19NO5S. The Hall–Kier alpha value is -1.11. The van der Waals surface area contributed by atoms with Gasteiger partial charge in [-0.05, 0) is 6.42 Å². The van der Waals surface area contributed by atoms with Gasteiger partial charge >= 0.3 is 5.97 Å². The van der Waals surface area contributed by atoms with Crippen molar-refractivity contribution < 1.29 is 23.1 Å². The SMILES string of the molecule is CC(C)(C)C(=O)NC(CCS(C)(=O)=O)C(=O)O. The van der Waals surface area contributed by atoms with Gasteiger partial charge in [0.25, 0.3) is 0 Å². The van der Waals surface area contributed by atoms with Crippen LogP contribution in [0.3, 0.4) is 0 Å². The molecular weight excluding hydrogens is 246 g/mol. The number of carboxylic acid groups (broad SMARTS) is 1. The molecule has 0 aromatic heterocycles. The van der Waals surface area contributed by atoms with Crippen LogP contribution in [0.25, 0.3) is 0 Å². The fourth-order valence-corrected chi connectivity index (χ4v) is 1.63. The van der Waals surface area contributed by atoms with E-state index in [1.165, 1.54) is 0 Å². The Labute approximate surface area is 101 Å². The van der Waals surface area contributed by atoms with Crippen LogP contribution in [0.15, 0.2) is 0 Å². The second kappa shape index (κ2) is 5.48. The highest BCUT2D eigenvalue weighted by Crippen LogP contribution is 2.13. The number of amides is 1. The summed E-state index contributed by atoms with van der Waals surface area (Å²) in [6.07, 6.45) is 0.896. The number of sulfone groups is 1. The molecule has 17 heavy (non-hydrogen) atoms. The van der Waals surface area contributed by atoms with Gasteiger partial charge in [-0.2, -0.15) is 0 Å². The van der Waals surface area contributed by atoms with Gasteiger partial charge in [0.15, 0.2) is 0 Å². The van der Waals surface area contributed by atoms with E-state index in [-0.39, 0.29) is 12.2 Å². The highest BCUT2D eigenvalue weighted by Gasteiger charge is 2.27. The van der Waals surface area contributed by atoms with E-state index in [2.05, 4.69) is 5.32 Å². The van der Waals surface area contributed by atoms with Gasteiger partial charge < -0.3 is 10.4 Å². The Morgan fingerprint density at radius 2 is 1.76 bits per heavy atom. The molecule has 0 aromatic rings. The summed E-state index contributed by atoms with van der Waals surface area (Å²) in [5, 5.41) is 11.2. The molecule has 0 saturated heterocycles. The molecule has 0 fully saturated rings. The summed E-state index contributed by atoms with van der Waals surface area (Å²) >= 11 is 0. The molecule has 0 aromatic carbocycles. The molecule has 0 aliphatic heterocycles. The molecule has 0 aliphatic carbocycles. The minimum atomic E-state index is -3.24. The van der Waals surface area contributed by atoms with Crippen molar-refractivity contribution in [3.05, 3.63) is 0 Å². The van der Waals surface area contributed by atoms with Crippen LogP contribution in [0.5, 0.6) is 0 Å². The van der Waals surface area contributed by atoms with Crippen LogP contribution in [0.4, 0.5) is 0 Å². The predicted octanol–water partition coefficient (Wildman–Crippen LogP) is 0.0366. The molecule has 0 radical (unpaired) electrons. The van der Waals surface area contributed by atoms with E-state index < -0.39 is 33.2 Å². The number of carbonyl (C=O) groups is 2. The molecule has 0 bridgehead atoms. The third-order valence-electron chi connectivity index (χ3n) is 2.06. The zero-order chi connectivity index (χ0) is 13.9. The Morgan fingerprint density at radius 1 is 1.29 bits per heavy atom. The Balaban J connectivity index is 4.57. The summed E-state index contributed by atoms with van der Waals surface area (Å²) in [4.78, 5) is 22.4. The van der Waals surface area contributed by atoms with Gasteiger partial charge in [0.05, 0.1) is 5.75 Å². The molecule has 6 nitrogen and oxygen atoms in total. The molecule has 0 rings (SSSR count). The van der Waals surface area contributed by atoms with Gasteiger partial charge in [0.2, 0.25) is 5.91 Å². The first-order valence-electron chi connectivity index (χ1n) is 5.15. The van der Waals surface area contributed by atoms with E-state index in [1.807, 2.05) is 0 Å². The summed E-state index contributed by atoms with van der Waals surface area (Å²) in [6, 6.07) is -1.17. The van der Waals surface area contributed by atoms with Crippen LogP contribution in [0.2, 0.25) is 0 Å². The minimum Gasteiger partial charge on any atom is -0.480 e. The third kappa shape index (κ3) is 6.93. The molecule has 100 valence electrons. The minimum absolute atomic E-state index is 0.129. The maximum atomic E-state index is 11.6. The quantitative estimate of drug-likeness (QED) is 0.730. The Kier molecular flexibility index (Phi) is 5.12. The van der Waals surface area contributed by atoms with Crippen molar-refractivity contribution in [2.75, 3.05) is 12.0 Å². The summed E-state index contributed by atoms with van der Waals surface area (Å²) in [5.74, 6) is -1.92. The highest BCUT2D eigenvalue weighted by molar-refractivity contribution is 7.90. The fourth-order valence-electron chi connectivity index (χ4n) is 0.964. The van der Waals surface area contributed by atoms with Crippen LogP contribution in [-0.4, -0.2) is 43.5 Å². The van der Waals surface area contributed by atoms with Crippen molar-refractivity contribution >= 4 is 21.7 Å². The zero-order valence-electron chi connectivity index (χ0n) is 10.5. The monoisotopic (exact) mass is 265 g/mol. The molecule has 0 aliphatic rings. The van der Waals surface area contributed by atoms with Crippen molar-refractivity contribution in [3.63, 3.8) is 0 Å². The van der Waals surface area contributed by atoms with E-state index in [9.17, 15) is 18.0 Å². The van der Waals surface area contributed by atoms with E-state index in [1.54, 1.807) is 20.8 Å². The van der Waals surface area contributed by atoms with Crippen LogP contribution >= 0.6 is 0 Å². The summed E-state index contributed by atoms with van der Waals surface area (Å²) in [5.41, 5.74) is -0.710. The van der Waals surface area contributed by atoms with Crippen molar-refractivity contribution in [1.82, 2.24) is 5.32 Å². The molecule has 0 saturated carbocycles. The van der Waals surface area contributed by atoms with Crippen molar-refractivity contribution in [2.24, 2.45) is 5.41 Å². The van der Waals surface area contributed by atoms with Gasteiger partial charge in [-0.3, -0.25) is 4.79 Å². The smallest absolute Gasteiger partial charge is 0.326 e. The van der Waals surface area contributed by atoms with Gasteiger partial charge in [-0.25, -0.2) is 13.2 Å². The topological polar surface area (TPSA) is 101 Å². The summed E-state index contributed by atoms with van der Waals surface area (Å²) in [7, 11) is -3.24. The van der Waals surface area contributed by atoms with E-state index >= 15 is 0 Å². The Bertz CT molecular complexity index is 393. The number of rotatable bonds is 5. The molecule has 1 atom stereocenters. The lowest BCUT2D eigenvalue weighted by molar-refractivity contribution is -0.143. The van der Waals surface area contributed by atoms with Crippen molar-refractivity contribution in [2.45, 2.75) is 33.2 Å². The maximum Gasteiger partial charge on any atom is 0.326 e. The molecule has 1 amide bonds. The van der Waals surface area contributed by atoms with Gasteiger partial charge in [0, 0.05) is 11.7 Å². The molecule has 7 heteroatoms. The molecule has 1 unspecified atom stereocenters. The highest BCUT2D eigenvalue weighted by atomic mass is 32.2. The first-order valence-corrected chi connectivity index (χ1v) is 7.21. The van der Waals surface area contributed by atoms with Crippen LogP contribution in [0, 0.1) is 5.41 Å². The summed E-state index contributed by atoms with van der Waals surface area (Å²) in [6.45, 7) is 4.95. The lowest BCUT2D eigenvalue weighted by Crippen LogP contribution is -2.46. The third-order valence-corrected chi connectivity index (χ3v) is 3.04. The lowest BCUT2D eigenvalue weighted by atomic mass is 9.95. The molecule has 0 heterocycles. The molecule has 0 spiro atoms. The largest absolute Gasteiger partial charge is 0.480 e. The fraction of sp³-hybridized carbons (Fsp3) is 0.800. The number of carboxylic acids is 1. The summed E-state index contributed by atoms with van der Waals surface area (Å²) < 4.78 is 21.9. The van der Waals surface area contributed by atoms with Gasteiger partial charge in [-0.1, -0.05) is 20.8 Å². The second-order valence-electron chi connectivity index (χ2n) is 5.03. The standard InChI is InChI=1S/C10H19NO5S/c1-10(2,3)9(14)11-7(8(12)13)5-6-17(4,15)16/h7H,5-6H2,1-4H3,(H,11,14)(H,12,13). The van der Waals surface area contributed by atoms with Gasteiger partial charge in [0.1, 0.15) is 15.9 Å². The zero-order valence-corrected chi connectivity index (χ0v) is 11.3. The molecule has 2 N–H and O–H groups in total. The average molecular weight is 265 g/mol. The Morgan fingerprint density at radius 3 is 2.06 bits per heavy atom. The van der Waals surface area contributed by atoms with Crippen LogP contribution in [0.1, 0.15) is 27.2 Å². The van der Waals surface area contributed by atoms with E-state index in [4.69, 9.17) is 5.11 Å². The van der Waals surface area contributed by atoms with Crippen molar-refractivity contribution in [1.29, 1.82) is 0 Å². The maximum absolute atomic E-state index is 11.6. The first kappa shape index (κ1) is 15.9. The number of nitrogens with one attached hydrogen (secondary N) is 1. The second-order valence-corrected chi connectivity index (χ2v) is 7.29. The van der Waals surface area contributed by atoms with Gasteiger partial charge in [-0.15, -0.1) is 0 Å². The van der Waals surface area contributed by atoms with E-state index in [0.717, 1.165) is 6.26 Å². The number of aliphatic carboxylic acids is 1. The van der Waals surface area contributed by atoms with Crippen LogP contribution in [-0.2, 0) is 19.4 Å². The van der Waals surface area contributed by atoms with Crippen molar-refractivity contribution in [3.8, 4) is 0 Å². The van der Waals surface area contributed by atoms with E-state index in [0.29, 0.717) is 0 Å². The number of carbonyl (C=O) groups excluding carboxylic acids is 1. The average Bonchev–Trinajstić information content (AvgIpc) is 2.07. The first-order chi connectivity index (χ1) is 7.43. The lowest BCUT2D eigenvalue weighted by Gasteiger charge is -2.21.